The van der Waals surface area contributed by atoms with Gasteiger partial charge in [0.15, 0.2) is 0 Å². The van der Waals surface area contributed by atoms with Crippen molar-refractivity contribution in [3.8, 4) is 28.4 Å². The lowest BCUT2D eigenvalue weighted by Gasteiger charge is -2.26. The van der Waals surface area contributed by atoms with E-state index in [2.05, 4.69) is 17.0 Å². The van der Waals surface area contributed by atoms with Crippen molar-refractivity contribution in [1.82, 2.24) is 4.90 Å². The zero-order valence-corrected chi connectivity index (χ0v) is 18.0. The van der Waals surface area contributed by atoms with E-state index in [0.717, 1.165) is 36.3 Å². The maximum absolute atomic E-state index is 10.1. The first kappa shape index (κ1) is 21.3. The molecule has 2 N–H and O–H groups in total. The first-order valence-corrected chi connectivity index (χ1v) is 11.2. The van der Waals surface area contributed by atoms with Crippen LogP contribution in [0.4, 0.5) is 0 Å². The Balaban J connectivity index is 1.39. The molecule has 3 aromatic rings. The molecule has 0 saturated carbocycles. The summed E-state index contributed by atoms with van der Waals surface area (Å²) in [4.78, 5) is 2.48. The average molecular weight is 418 g/mol. The number of benzene rings is 3. The summed E-state index contributed by atoms with van der Waals surface area (Å²) in [6.45, 7) is 4.07. The molecule has 4 heteroatoms. The van der Waals surface area contributed by atoms with E-state index in [9.17, 15) is 10.2 Å². The van der Waals surface area contributed by atoms with Crippen molar-refractivity contribution in [3.63, 3.8) is 0 Å². The van der Waals surface area contributed by atoms with Gasteiger partial charge in [-0.25, -0.2) is 0 Å². The Labute approximate surface area is 184 Å². The predicted octanol–water partition coefficient (Wildman–Crippen LogP) is 5.41. The highest BCUT2D eigenvalue weighted by molar-refractivity contribution is 5.69. The standard InChI is InChI=1S/C27H31NO3/c29-24-11-5-21(6-12-24)4-7-22-8-13-25(30)20-27(22)23-9-14-26(15-10-23)31-19-18-28-16-2-1-3-17-28/h5-6,8-15,20,29-30H,1-4,7,16-19H2. The fourth-order valence-corrected chi connectivity index (χ4v) is 4.20. The molecule has 4 rings (SSSR count). The largest absolute Gasteiger partial charge is 0.508 e. The Kier molecular flexibility index (Phi) is 7.11. The molecule has 0 aromatic heterocycles. The lowest BCUT2D eigenvalue weighted by molar-refractivity contribution is 0.183. The molecule has 0 amide bonds. The van der Waals surface area contributed by atoms with Gasteiger partial charge in [-0.05, 0) is 97.4 Å². The van der Waals surface area contributed by atoms with Gasteiger partial charge in [0.25, 0.3) is 0 Å². The number of hydrogen-bond acceptors (Lipinski definition) is 4. The van der Waals surface area contributed by atoms with Crippen molar-refractivity contribution in [2.24, 2.45) is 0 Å². The molecule has 31 heavy (non-hydrogen) atoms. The second kappa shape index (κ2) is 10.4. The molecule has 0 bridgehead atoms. The summed E-state index contributed by atoms with van der Waals surface area (Å²) < 4.78 is 5.96. The van der Waals surface area contributed by atoms with Crippen LogP contribution in [-0.4, -0.2) is 41.4 Å². The highest BCUT2D eigenvalue weighted by Crippen LogP contribution is 2.30. The maximum Gasteiger partial charge on any atom is 0.119 e. The summed E-state index contributed by atoms with van der Waals surface area (Å²) in [6.07, 6.45) is 5.68. The Morgan fingerprint density at radius 3 is 2.19 bits per heavy atom. The van der Waals surface area contributed by atoms with Crippen LogP contribution in [0.25, 0.3) is 11.1 Å². The molecule has 0 aliphatic carbocycles. The third-order valence-corrected chi connectivity index (χ3v) is 6.00. The number of piperidine rings is 1. The van der Waals surface area contributed by atoms with Crippen molar-refractivity contribution in [3.05, 3.63) is 77.9 Å². The quantitative estimate of drug-likeness (QED) is 0.514. The third kappa shape index (κ3) is 6.02. The van der Waals surface area contributed by atoms with Crippen LogP contribution in [0, 0.1) is 0 Å². The molecule has 4 nitrogen and oxygen atoms in total. The van der Waals surface area contributed by atoms with Gasteiger partial charge in [-0.1, -0.05) is 36.8 Å². The molecule has 162 valence electrons. The third-order valence-electron chi connectivity index (χ3n) is 6.00. The molecular weight excluding hydrogens is 386 g/mol. The molecule has 1 heterocycles. The molecule has 1 fully saturated rings. The van der Waals surface area contributed by atoms with Gasteiger partial charge in [0.05, 0.1) is 0 Å². The summed E-state index contributed by atoms with van der Waals surface area (Å²) in [5.74, 6) is 1.43. The van der Waals surface area contributed by atoms with Crippen LogP contribution >= 0.6 is 0 Å². The number of aromatic hydroxyl groups is 2. The Morgan fingerprint density at radius 1 is 0.742 bits per heavy atom. The van der Waals surface area contributed by atoms with E-state index in [0.29, 0.717) is 6.61 Å². The zero-order valence-electron chi connectivity index (χ0n) is 18.0. The van der Waals surface area contributed by atoms with Crippen LogP contribution in [0.1, 0.15) is 30.4 Å². The normalized spacial score (nSPS) is 14.5. The second-order valence-electron chi connectivity index (χ2n) is 8.28. The zero-order chi connectivity index (χ0) is 21.5. The first-order valence-electron chi connectivity index (χ1n) is 11.2. The van der Waals surface area contributed by atoms with Crippen molar-refractivity contribution in [2.45, 2.75) is 32.1 Å². The van der Waals surface area contributed by atoms with E-state index in [1.54, 1.807) is 18.2 Å². The first-order chi connectivity index (χ1) is 15.2. The van der Waals surface area contributed by atoms with Gasteiger partial charge in [0.1, 0.15) is 23.9 Å². The summed E-state index contributed by atoms with van der Waals surface area (Å²) in [6, 6.07) is 21.1. The van der Waals surface area contributed by atoms with Gasteiger partial charge in [0.2, 0.25) is 0 Å². The molecule has 0 spiro atoms. The minimum absolute atomic E-state index is 0.269. The smallest absolute Gasteiger partial charge is 0.119 e. The van der Waals surface area contributed by atoms with E-state index in [1.807, 2.05) is 36.4 Å². The SMILES string of the molecule is Oc1ccc(CCc2ccc(O)cc2-c2ccc(OCCN3CCCCC3)cc2)cc1. The molecule has 0 atom stereocenters. The fraction of sp³-hybridized carbons (Fsp3) is 0.333. The number of nitrogens with zero attached hydrogens (tertiary/aromatic N) is 1. The van der Waals surface area contributed by atoms with E-state index < -0.39 is 0 Å². The van der Waals surface area contributed by atoms with Crippen LogP contribution in [0.5, 0.6) is 17.2 Å². The molecule has 0 unspecified atom stereocenters. The predicted molar refractivity (Wildman–Crippen MR) is 125 cm³/mol. The van der Waals surface area contributed by atoms with Crippen LogP contribution in [-0.2, 0) is 12.8 Å². The molecule has 3 aromatic carbocycles. The monoisotopic (exact) mass is 417 g/mol. The molecule has 1 aliphatic rings. The van der Waals surface area contributed by atoms with Gasteiger partial charge < -0.3 is 14.9 Å². The highest BCUT2D eigenvalue weighted by atomic mass is 16.5. The van der Waals surface area contributed by atoms with Gasteiger partial charge in [-0.2, -0.15) is 0 Å². The molecule has 0 radical (unpaired) electrons. The van der Waals surface area contributed by atoms with E-state index in [1.165, 1.54) is 43.5 Å². The molecular formula is C27H31NO3. The number of rotatable bonds is 8. The van der Waals surface area contributed by atoms with Crippen molar-refractivity contribution in [1.29, 1.82) is 0 Å². The topological polar surface area (TPSA) is 52.9 Å². The van der Waals surface area contributed by atoms with E-state index in [-0.39, 0.29) is 11.5 Å². The number of phenols is 2. The lowest BCUT2D eigenvalue weighted by Crippen LogP contribution is -2.33. The highest BCUT2D eigenvalue weighted by Gasteiger charge is 2.10. The summed E-state index contributed by atoms with van der Waals surface area (Å²) >= 11 is 0. The van der Waals surface area contributed by atoms with Gasteiger partial charge in [-0.15, -0.1) is 0 Å². The number of aryl methyl sites for hydroxylation is 2. The van der Waals surface area contributed by atoms with E-state index in [4.69, 9.17) is 4.74 Å². The minimum atomic E-state index is 0.269. The van der Waals surface area contributed by atoms with Crippen LogP contribution in [0.3, 0.4) is 0 Å². The Morgan fingerprint density at radius 2 is 1.45 bits per heavy atom. The fourth-order valence-electron chi connectivity index (χ4n) is 4.20. The Hall–Kier alpha value is -2.98. The van der Waals surface area contributed by atoms with Crippen molar-refractivity contribution >= 4 is 0 Å². The maximum atomic E-state index is 10.1. The van der Waals surface area contributed by atoms with Crippen molar-refractivity contribution in [2.75, 3.05) is 26.2 Å². The van der Waals surface area contributed by atoms with Crippen LogP contribution in [0.15, 0.2) is 66.7 Å². The summed E-state index contributed by atoms with van der Waals surface area (Å²) in [7, 11) is 0. The average Bonchev–Trinajstić information content (AvgIpc) is 2.80. The summed E-state index contributed by atoms with van der Waals surface area (Å²) in [5.41, 5.74) is 4.47. The number of likely N-dealkylation sites (tertiary alicyclic amines) is 1. The summed E-state index contributed by atoms with van der Waals surface area (Å²) in [5, 5.41) is 19.5. The van der Waals surface area contributed by atoms with Gasteiger partial charge in [0, 0.05) is 6.54 Å². The number of phenolic OH excluding ortho intramolecular Hbond substituents is 2. The van der Waals surface area contributed by atoms with Crippen LogP contribution in [0.2, 0.25) is 0 Å². The number of hydrogen-bond donors (Lipinski definition) is 2. The van der Waals surface area contributed by atoms with E-state index >= 15 is 0 Å². The van der Waals surface area contributed by atoms with Crippen LogP contribution < -0.4 is 4.74 Å². The lowest BCUT2D eigenvalue weighted by atomic mass is 9.95. The molecule has 1 saturated heterocycles. The molecule has 1 aliphatic heterocycles. The second-order valence-corrected chi connectivity index (χ2v) is 8.28. The van der Waals surface area contributed by atoms with Gasteiger partial charge in [-0.3, -0.25) is 4.90 Å². The van der Waals surface area contributed by atoms with Gasteiger partial charge >= 0.3 is 0 Å². The number of ether oxygens (including phenoxy) is 1. The Bertz CT molecular complexity index is 961. The van der Waals surface area contributed by atoms with Crippen molar-refractivity contribution < 1.29 is 14.9 Å². The minimum Gasteiger partial charge on any atom is -0.508 e.